The van der Waals surface area contributed by atoms with Gasteiger partial charge in [0, 0.05) is 5.92 Å². The molecule has 4 aliphatic rings. The fraction of sp³-hybridized carbons (Fsp3) is 0.692. The van der Waals surface area contributed by atoms with Gasteiger partial charge in [-0.15, -0.1) is 0 Å². The van der Waals surface area contributed by atoms with Crippen molar-refractivity contribution in [3.8, 4) is 0 Å². The van der Waals surface area contributed by atoms with Gasteiger partial charge in [-0.05, 0) is 32.3 Å². The Morgan fingerprint density at radius 2 is 2.06 bits per heavy atom. The fourth-order valence-corrected chi connectivity index (χ4v) is 4.21. The van der Waals surface area contributed by atoms with Gasteiger partial charge in [-0.25, -0.2) is 0 Å². The molecule has 3 nitrogen and oxygen atoms in total. The molecule has 3 heteroatoms. The van der Waals surface area contributed by atoms with Gasteiger partial charge in [0.05, 0.1) is 16.9 Å². The first kappa shape index (κ1) is 9.11. The zero-order valence-electron chi connectivity index (χ0n) is 9.45. The van der Waals surface area contributed by atoms with Gasteiger partial charge < -0.3 is 4.74 Å². The van der Waals surface area contributed by atoms with E-state index in [1.165, 1.54) is 0 Å². The molecule has 2 bridgehead atoms. The quantitative estimate of drug-likeness (QED) is 0.615. The minimum atomic E-state index is -0.509. The van der Waals surface area contributed by atoms with Gasteiger partial charge >= 0.3 is 0 Å². The first-order valence-corrected chi connectivity index (χ1v) is 5.96. The van der Waals surface area contributed by atoms with E-state index < -0.39 is 5.60 Å². The lowest BCUT2D eigenvalue weighted by molar-refractivity contribution is -0.131. The number of ketones is 2. The Hall–Kier alpha value is -0.960. The molecule has 0 amide bonds. The molecule has 3 fully saturated rings. The average Bonchev–Trinajstić information content (AvgIpc) is 2.87. The zero-order chi connectivity index (χ0) is 11.3. The lowest BCUT2D eigenvalue weighted by Gasteiger charge is -2.34. The van der Waals surface area contributed by atoms with Crippen molar-refractivity contribution in [3.05, 3.63) is 11.6 Å². The molecule has 4 rings (SSSR count). The van der Waals surface area contributed by atoms with Crippen molar-refractivity contribution in [2.45, 2.75) is 38.4 Å². The molecule has 0 N–H and O–H groups in total. The molecule has 84 valence electrons. The van der Waals surface area contributed by atoms with Crippen molar-refractivity contribution in [2.24, 2.45) is 17.3 Å². The van der Waals surface area contributed by atoms with Crippen LogP contribution in [0.2, 0.25) is 0 Å². The van der Waals surface area contributed by atoms with Crippen LogP contribution in [0.1, 0.15) is 26.7 Å². The van der Waals surface area contributed by atoms with Crippen LogP contribution in [0.25, 0.3) is 0 Å². The van der Waals surface area contributed by atoms with Gasteiger partial charge in [0.25, 0.3) is 0 Å². The summed E-state index contributed by atoms with van der Waals surface area (Å²) in [7, 11) is 0. The van der Waals surface area contributed by atoms with Crippen molar-refractivity contribution in [3.63, 3.8) is 0 Å². The van der Waals surface area contributed by atoms with Crippen LogP contribution in [0.4, 0.5) is 0 Å². The molecule has 0 radical (unpaired) electrons. The van der Waals surface area contributed by atoms with E-state index in [1.807, 2.05) is 19.9 Å². The summed E-state index contributed by atoms with van der Waals surface area (Å²) < 4.78 is 5.92. The molecule has 0 aromatic carbocycles. The number of allylic oxidation sites excluding steroid dienone is 1. The van der Waals surface area contributed by atoms with Crippen LogP contribution < -0.4 is 0 Å². The molecule has 2 saturated heterocycles. The molecule has 1 saturated carbocycles. The Morgan fingerprint density at radius 3 is 2.69 bits per heavy atom. The Balaban J connectivity index is 1.90. The normalized spacial score (nSPS) is 51.1. The molecule has 16 heavy (non-hydrogen) atoms. The van der Waals surface area contributed by atoms with E-state index in [-0.39, 0.29) is 34.9 Å². The van der Waals surface area contributed by atoms with Crippen LogP contribution in [0, 0.1) is 17.3 Å². The molecular weight excluding hydrogens is 204 g/mol. The highest BCUT2D eigenvalue weighted by Gasteiger charge is 2.80. The molecule has 2 aliphatic carbocycles. The van der Waals surface area contributed by atoms with Crippen LogP contribution in [0.3, 0.4) is 0 Å². The lowest BCUT2D eigenvalue weighted by atomic mass is 9.65. The van der Waals surface area contributed by atoms with Crippen LogP contribution in [0.5, 0.6) is 0 Å². The number of fused-ring (bicyclic) bond motifs is 6. The number of rotatable bonds is 0. The minimum Gasteiger partial charge on any atom is -0.362 e. The molecule has 1 spiro atoms. The summed E-state index contributed by atoms with van der Waals surface area (Å²) in [6, 6.07) is 0. The third-order valence-corrected chi connectivity index (χ3v) is 5.24. The van der Waals surface area contributed by atoms with Crippen molar-refractivity contribution in [1.29, 1.82) is 0 Å². The van der Waals surface area contributed by atoms with Gasteiger partial charge in [0.2, 0.25) is 0 Å². The summed E-state index contributed by atoms with van der Waals surface area (Å²) in [4.78, 5) is 24.4. The molecule has 2 heterocycles. The highest BCUT2D eigenvalue weighted by molar-refractivity contribution is 6.06. The van der Waals surface area contributed by atoms with Gasteiger partial charge in [0.15, 0.2) is 11.6 Å². The molecule has 2 unspecified atom stereocenters. The smallest absolute Gasteiger partial charge is 0.171 e. The summed E-state index contributed by atoms with van der Waals surface area (Å²) in [5, 5.41) is 0. The van der Waals surface area contributed by atoms with Crippen molar-refractivity contribution in [1.82, 2.24) is 0 Å². The third kappa shape index (κ3) is 0.647. The number of hydrogen-bond donors (Lipinski definition) is 0. The number of Topliss-reactive ketones (excluding diaryl/α,β-unsaturated/α-hetero) is 2. The van der Waals surface area contributed by atoms with E-state index in [4.69, 9.17) is 4.74 Å². The Labute approximate surface area is 93.8 Å². The first-order valence-electron chi connectivity index (χ1n) is 5.96. The summed E-state index contributed by atoms with van der Waals surface area (Å²) in [6.45, 7) is 3.83. The van der Waals surface area contributed by atoms with Gasteiger partial charge in [-0.3, -0.25) is 9.59 Å². The highest BCUT2D eigenvalue weighted by Crippen LogP contribution is 2.71. The van der Waals surface area contributed by atoms with Gasteiger partial charge in [-0.2, -0.15) is 0 Å². The van der Waals surface area contributed by atoms with E-state index >= 15 is 0 Å². The van der Waals surface area contributed by atoms with Gasteiger partial charge in [-0.1, -0.05) is 6.08 Å². The van der Waals surface area contributed by atoms with Crippen molar-refractivity contribution < 1.29 is 14.3 Å². The monoisotopic (exact) mass is 218 g/mol. The summed E-state index contributed by atoms with van der Waals surface area (Å²) >= 11 is 0. The third-order valence-electron chi connectivity index (χ3n) is 5.24. The van der Waals surface area contributed by atoms with Crippen molar-refractivity contribution in [2.75, 3.05) is 0 Å². The Kier molecular flexibility index (Phi) is 1.25. The van der Waals surface area contributed by atoms with Gasteiger partial charge in [0.1, 0.15) is 6.10 Å². The SMILES string of the molecule is CC1=CC2C(C1=O)[C@]1(C)O[C@H]2C(=O)C12CC2. The zero-order valence-corrected chi connectivity index (χ0v) is 9.45. The maximum atomic E-state index is 12.2. The number of carbonyl (C=O) groups is 2. The molecule has 2 aliphatic heterocycles. The van der Waals surface area contributed by atoms with E-state index in [0.29, 0.717) is 0 Å². The first-order chi connectivity index (χ1) is 7.51. The van der Waals surface area contributed by atoms with E-state index in [2.05, 4.69) is 0 Å². The second-order valence-electron chi connectivity index (χ2n) is 5.86. The molecule has 0 aromatic heterocycles. The fourth-order valence-electron chi connectivity index (χ4n) is 4.21. The number of ether oxygens (including phenoxy) is 1. The van der Waals surface area contributed by atoms with Crippen LogP contribution in [-0.2, 0) is 14.3 Å². The predicted molar refractivity (Wildman–Crippen MR) is 55.7 cm³/mol. The topological polar surface area (TPSA) is 43.4 Å². The predicted octanol–water partition coefficient (Wildman–Crippen LogP) is 1.27. The average molecular weight is 218 g/mol. The second-order valence-corrected chi connectivity index (χ2v) is 5.86. The highest BCUT2D eigenvalue weighted by atomic mass is 16.5. The largest absolute Gasteiger partial charge is 0.362 e. The summed E-state index contributed by atoms with van der Waals surface area (Å²) in [5.41, 5.74) is 0.0116. The van der Waals surface area contributed by atoms with Crippen LogP contribution in [-0.4, -0.2) is 23.3 Å². The Morgan fingerprint density at radius 1 is 1.38 bits per heavy atom. The van der Waals surface area contributed by atoms with Crippen LogP contribution >= 0.6 is 0 Å². The Bertz CT molecular complexity index is 472. The molecule has 0 aromatic rings. The standard InChI is InChI=1S/C13H14O3/c1-6-5-7-8(9(6)14)12(2)13(3-4-13)11(15)10(7)16-12/h5,7-8,10H,3-4H2,1-2H3/t7?,8?,10-,12+/m1/s1. The summed E-state index contributed by atoms with van der Waals surface area (Å²) in [5.74, 6) is 0.401. The number of hydrogen-bond acceptors (Lipinski definition) is 3. The maximum absolute atomic E-state index is 12.2. The van der Waals surface area contributed by atoms with Crippen molar-refractivity contribution >= 4 is 11.6 Å². The summed E-state index contributed by atoms with van der Waals surface area (Å²) in [6.07, 6.45) is 3.44. The molecule has 4 atom stereocenters. The van der Waals surface area contributed by atoms with Crippen LogP contribution in [0.15, 0.2) is 11.6 Å². The van der Waals surface area contributed by atoms with E-state index in [0.717, 1.165) is 18.4 Å². The van der Waals surface area contributed by atoms with E-state index in [1.54, 1.807) is 0 Å². The molecular formula is C13H14O3. The second kappa shape index (κ2) is 2.19. The minimum absolute atomic E-state index is 0.0243. The van der Waals surface area contributed by atoms with E-state index in [9.17, 15) is 9.59 Å². The number of carbonyl (C=O) groups excluding carboxylic acids is 2. The lowest BCUT2D eigenvalue weighted by Crippen LogP contribution is -2.49. The maximum Gasteiger partial charge on any atom is 0.171 e.